The van der Waals surface area contributed by atoms with E-state index in [0.717, 1.165) is 24.1 Å². The molecule has 17 heavy (non-hydrogen) atoms. The number of rotatable bonds is 3. The topological polar surface area (TPSA) is 55.5 Å². The molecule has 90 valence electrons. The number of fused-ring (bicyclic) bond motifs is 1. The summed E-state index contributed by atoms with van der Waals surface area (Å²) in [6, 6.07) is 7.64. The maximum absolute atomic E-state index is 10.0. The van der Waals surface area contributed by atoms with E-state index in [1.54, 1.807) is 0 Å². The molecule has 4 heteroatoms. The third-order valence-corrected chi connectivity index (χ3v) is 3.23. The molecule has 2 unspecified atom stereocenters. The van der Waals surface area contributed by atoms with Gasteiger partial charge >= 0.3 is 0 Å². The van der Waals surface area contributed by atoms with Crippen molar-refractivity contribution in [2.75, 3.05) is 13.2 Å². The predicted octanol–water partition coefficient (Wildman–Crippen LogP) is 1.77. The number of benzene rings is 1. The first-order valence-electron chi connectivity index (χ1n) is 5.93. The number of hydrogen-bond donors (Lipinski definition) is 1. The van der Waals surface area contributed by atoms with Gasteiger partial charge in [0, 0.05) is 12.5 Å². The van der Waals surface area contributed by atoms with Gasteiger partial charge in [0.1, 0.15) is 5.52 Å². The molecule has 0 bridgehead atoms. The van der Waals surface area contributed by atoms with Crippen molar-refractivity contribution < 1.29 is 14.3 Å². The highest BCUT2D eigenvalue weighted by Crippen LogP contribution is 2.21. The Kier molecular flexibility index (Phi) is 2.82. The summed E-state index contributed by atoms with van der Waals surface area (Å²) in [6.07, 6.45) is 0.954. The molecule has 0 amide bonds. The molecule has 0 spiro atoms. The predicted molar refractivity (Wildman–Crippen MR) is 62.6 cm³/mol. The van der Waals surface area contributed by atoms with E-state index in [2.05, 4.69) is 4.98 Å². The van der Waals surface area contributed by atoms with Crippen molar-refractivity contribution in [1.29, 1.82) is 0 Å². The minimum absolute atomic E-state index is 0.213. The highest BCUT2D eigenvalue weighted by molar-refractivity contribution is 5.72. The molecular weight excluding hydrogens is 218 g/mol. The third-order valence-electron chi connectivity index (χ3n) is 3.23. The van der Waals surface area contributed by atoms with Gasteiger partial charge in [-0.15, -0.1) is 0 Å². The van der Waals surface area contributed by atoms with E-state index in [-0.39, 0.29) is 5.92 Å². The van der Waals surface area contributed by atoms with Crippen LogP contribution in [-0.4, -0.2) is 29.4 Å². The Labute approximate surface area is 99.2 Å². The Morgan fingerprint density at radius 3 is 3.06 bits per heavy atom. The second-order valence-corrected chi connectivity index (χ2v) is 4.47. The zero-order chi connectivity index (χ0) is 11.7. The van der Waals surface area contributed by atoms with Crippen LogP contribution in [0.25, 0.3) is 11.1 Å². The van der Waals surface area contributed by atoms with Crippen molar-refractivity contribution in [2.24, 2.45) is 5.92 Å². The standard InChI is InChI=1S/C13H15NO3/c15-11(9-5-6-16-8-9)7-13-14-10-3-1-2-4-12(10)17-13/h1-4,9,11,15H,5-8H2. The van der Waals surface area contributed by atoms with Crippen molar-refractivity contribution in [1.82, 2.24) is 4.98 Å². The number of para-hydroxylation sites is 2. The Bertz CT molecular complexity index is 469. The van der Waals surface area contributed by atoms with E-state index >= 15 is 0 Å². The molecule has 0 saturated carbocycles. The molecule has 1 aliphatic rings. The van der Waals surface area contributed by atoms with E-state index in [9.17, 15) is 5.11 Å². The first kappa shape index (κ1) is 10.7. The molecular formula is C13H15NO3. The van der Waals surface area contributed by atoms with Gasteiger partial charge in [-0.25, -0.2) is 4.98 Å². The first-order chi connectivity index (χ1) is 8.33. The van der Waals surface area contributed by atoms with Crippen LogP contribution in [0.3, 0.4) is 0 Å². The minimum Gasteiger partial charge on any atom is -0.441 e. The number of nitrogens with zero attached hydrogens (tertiary/aromatic N) is 1. The normalized spacial score (nSPS) is 22.1. The maximum Gasteiger partial charge on any atom is 0.198 e. The molecule has 1 N–H and O–H groups in total. The van der Waals surface area contributed by atoms with Gasteiger partial charge in [-0.1, -0.05) is 12.1 Å². The SMILES string of the molecule is OC(Cc1nc2ccccc2o1)C1CCOC1. The second kappa shape index (κ2) is 4.47. The zero-order valence-electron chi connectivity index (χ0n) is 9.50. The largest absolute Gasteiger partial charge is 0.441 e. The summed E-state index contributed by atoms with van der Waals surface area (Å²) in [5.74, 6) is 0.815. The number of aromatic nitrogens is 1. The summed E-state index contributed by atoms with van der Waals surface area (Å²) in [7, 11) is 0. The summed E-state index contributed by atoms with van der Waals surface area (Å²) in [6.45, 7) is 1.39. The highest BCUT2D eigenvalue weighted by atomic mass is 16.5. The van der Waals surface area contributed by atoms with Gasteiger partial charge < -0.3 is 14.3 Å². The number of ether oxygens (including phenoxy) is 1. The lowest BCUT2D eigenvalue weighted by Crippen LogP contribution is -2.23. The average molecular weight is 233 g/mol. The maximum atomic E-state index is 10.0. The summed E-state index contributed by atoms with van der Waals surface area (Å²) in [5, 5.41) is 10.0. The second-order valence-electron chi connectivity index (χ2n) is 4.47. The highest BCUT2D eigenvalue weighted by Gasteiger charge is 2.25. The summed E-state index contributed by atoms with van der Waals surface area (Å²) in [4.78, 5) is 4.36. The summed E-state index contributed by atoms with van der Waals surface area (Å²) >= 11 is 0. The average Bonchev–Trinajstić information content (AvgIpc) is 2.97. The van der Waals surface area contributed by atoms with Crippen LogP contribution in [-0.2, 0) is 11.2 Å². The van der Waals surface area contributed by atoms with Crippen LogP contribution in [0.4, 0.5) is 0 Å². The molecule has 2 heterocycles. The summed E-state index contributed by atoms with van der Waals surface area (Å²) in [5.41, 5.74) is 1.62. The van der Waals surface area contributed by atoms with Crippen LogP contribution in [0.1, 0.15) is 12.3 Å². The quantitative estimate of drug-likeness (QED) is 0.877. The van der Waals surface area contributed by atoms with Gasteiger partial charge in [-0.3, -0.25) is 0 Å². The van der Waals surface area contributed by atoms with E-state index in [4.69, 9.17) is 9.15 Å². The van der Waals surface area contributed by atoms with Gasteiger partial charge in [-0.05, 0) is 18.6 Å². The third kappa shape index (κ3) is 2.18. The minimum atomic E-state index is -0.425. The van der Waals surface area contributed by atoms with Gasteiger partial charge in [0.05, 0.1) is 19.1 Å². The molecule has 0 aliphatic carbocycles. The lowest BCUT2D eigenvalue weighted by atomic mass is 9.99. The van der Waals surface area contributed by atoms with E-state index < -0.39 is 6.10 Å². The lowest BCUT2D eigenvalue weighted by molar-refractivity contribution is 0.0870. The van der Waals surface area contributed by atoms with Crippen LogP contribution in [0.2, 0.25) is 0 Å². The van der Waals surface area contributed by atoms with Crippen LogP contribution >= 0.6 is 0 Å². The monoisotopic (exact) mass is 233 g/mol. The molecule has 1 aromatic carbocycles. The Hall–Kier alpha value is -1.39. The molecule has 1 fully saturated rings. The van der Waals surface area contributed by atoms with Crippen molar-refractivity contribution in [3.63, 3.8) is 0 Å². The van der Waals surface area contributed by atoms with E-state index in [0.29, 0.717) is 18.9 Å². The van der Waals surface area contributed by atoms with Crippen LogP contribution in [0.5, 0.6) is 0 Å². The Morgan fingerprint density at radius 1 is 1.41 bits per heavy atom. The lowest BCUT2D eigenvalue weighted by Gasteiger charge is -2.13. The smallest absolute Gasteiger partial charge is 0.198 e. The van der Waals surface area contributed by atoms with Crippen molar-refractivity contribution in [3.05, 3.63) is 30.2 Å². The molecule has 2 atom stereocenters. The van der Waals surface area contributed by atoms with Crippen LogP contribution < -0.4 is 0 Å². The first-order valence-corrected chi connectivity index (χ1v) is 5.93. The molecule has 4 nitrogen and oxygen atoms in total. The van der Waals surface area contributed by atoms with Crippen LogP contribution in [0, 0.1) is 5.92 Å². The van der Waals surface area contributed by atoms with Crippen LogP contribution in [0.15, 0.2) is 28.7 Å². The molecule has 0 radical (unpaired) electrons. The molecule has 3 rings (SSSR count). The van der Waals surface area contributed by atoms with E-state index in [1.807, 2.05) is 24.3 Å². The zero-order valence-corrected chi connectivity index (χ0v) is 9.50. The van der Waals surface area contributed by atoms with Gasteiger partial charge in [0.25, 0.3) is 0 Å². The van der Waals surface area contributed by atoms with Gasteiger partial charge in [0.15, 0.2) is 11.5 Å². The Morgan fingerprint density at radius 2 is 2.29 bits per heavy atom. The summed E-state index contributed by atoms with van der Waals surface area (Å²) < 4.78 is 10.9. The fourth-order valence-corrected chi connectivity index (χ4v) is 2.21. The molecule has 1 aliphatic heterocycles. The molecule has 1 aromatic heterocycles. The van der Waals surface area contributed by atoms with Crippen molar-refractivity contribution >= 4 is 11.1 Å². The van der Waals surface area contributed by atoms with E-state index in [1.165, 1.54) is 0 Å². The van der Waals surface area contributed by atoms with Gasteiger partial charge in [0.2, 0.25) is 0 Å². The van der Waals surface area contributed by atoms with Crippen molar-refractivity contribution in [2.45, 2.75) is 18.9 Å². The molecule has 1 saturated heterocycles. The molecule has 2 aromatic rings. The van der Waals surface area contributed by atoms with Gasteiger partial charge in [-0.2, -0.15) is 0 Å². The number of hydrogen-bond acceptors (Lipinski definition) is 4. The number of oxazole rings is 1. The fraction of sp³-hybridized carbons (Fsp3) is 0.462. The van der Waals surface area contributed by atoms with Crippen molar-refractivity contribution in [3.8, 4) is 0 Å². The number of aliphatic hydroxyl groups is 1. The Balaban J connectivity index is 1.75. The number of aliphatic hydroxyl groups excluding tert-OH is 1. The fourth-order valence-electron chi connectivity index (χ4n) is 2.21.